The van der Waals surface area contributed by atoms with Crippen molar-refractivity contribution in [2.24, 2.45) is 0 Å². The van der Waals surface area contributed by atoms with E-state index in [9.17, 15) is 14.7 Å². The second-order valence-electron chi connectivity index (χ2n) is 9.22. The fourth-order valence-electron chi connectivity index (χ4n) is 5.10. The molecular formula is C26H31N3O3S2. The van der Waals surface area contributed by atoms with Crippen LogP contribution in [0.2, 0.25) is 0 Å². The monoisotopic (exact) mass is 497 g/mol. The van der Waals surface area contributed by atoms with Crippen LogP contribution in [0.3, 0.4) is 0 Å². The Kier molecular flexibility index (Phi) is 7.37. The molecule has 1 fully saturated rings. The van der Waals surface area contributed by atoms with Gasteiger partial charge in [-0.15, -0.1) is 11.3 Å². The number of hydrogen-bond donors (Lipinski definition) is 2. The van der Waals surface area contributed by atoms with E-state index in [2.05, 4.69) is 5.32 Å². The molecule has 6 nitrogen and oxygen atoms in total. The lowest BCUT2D eigenvalue weighted by Crippen LogP contribution is -2.41. The van der Waals surface area contributed by atoms with Gasteiger partial charge in [-0.2, -0.15) is 0 Å². The Balaban J connectivity index is 1.55. The van der Waals surface area contributed by atoms with Crippen molar-refractivity contribution in [3.05, 3.63) is 51.1 Å². The maximum absolute atomic E-state index is 13.9. The van der Waals surface area contributed by atoms with Gasteiger partial charge in [0, 0.05) is 17.5 Å². The van der Waals surface area contributed by atoms with E-state index in [4.69, 9.17) is 4.98 Å². The molecule has 0 radical (unpaired) electrons. The highest BCUT2D eigenvalue weighted by atomic mass is 32.2. The number of para-hydroxylation sites is 1. The lowest BCUT2D eigenvalue weighted by atomic mass is 9.95. The lowest BCUT2D eigenvalue weighted by molar-refractivity contribution is -0.121. The quantitative estimate of drug-likeness (QED) is 0.368. The SMILES string of the molecule is O=C(NC1CCCCC1)[C@@H](CCO)Sc1nc2sc3c(c2c(=O)n1-c1ccccc1)CCCC3. The van der Waals surface area contributed by atoms with Gasteiger partial charge in [-0.1, -0.05) is 49.2 Å². The number of aryl methyl sites for hydroxylation is 2. The summed E-state index contributed by atoms with van der Waals surface area (Å²) in [5.41, 5.74) is 1.84. The van der Waals surface area contributed by atoms with E-state index in [1.54, 1.807) is 15.9 Å². The first kappa shape index (κ1) is 23.6. The second kappa shape index (κ2) is 10.6. The molecule has 2 aromatic heterocycles. The number of carbonyl (C=O) groups is 1. The number of aliphatic hydroxyl groups is 1. The van der Waals surface area contributed by atoms with Crippen molar-refractivity contribution in [2.75, 3.05) is 6.61 Å². The molecule has 180 valence electrons. The highest BCUT2D eigenvalue weighted by molar-refractivity contribution is 8.00. The van der Waals surface area contributed by atoms with Gasteiger partial charge in [0.05, 0.1) is 16.3 Å². The average molecular weight is 498 g/mol. The highest BCUT2D eigenvalue weighted by Gasteiger charge is 2.28. The number of nitrogens with one attached hydrogen (secondary N) is 1. The summed E-state index contributed by atoms with van der Waals surface area (Å²) in [6, 6.07) is 9.74. The molecule has 2 N–H and O–H groups in total. The molecule has 2 aliphatic rings. The van der Waals surface area contributed by atoms with E-state index in [1.807, 2.05) is 30.3 Å². The zero-order chi connectivity index (χ0) is 23.5. The van der Waals surface area contributed by atoms with Crippen LogP contribution in [-0.4, -0.2) is 38.5 Å². The maximum Gasteiger partial charge on any atom is 0.267 e. The van der Waals surface area contributed by atoms with Crippen LogP contribution >= 0.6 is 23.1 Å². The third-order valence-corrected chi connectivity index (χ3v) is 9.26. The molecular weight excluding hydrogens is 466 g/mol. The second-order valence-corrected chi connectivity index (χ2v) is 11.5. The summed E-state index contributed by atoms with van der Waals surface area (Å²) < 4.78 is 1.66. The molecule has 1 atom stereocenters. The number of thiophene rings is 1. The van der Waals surface area contributed by atoms with Gasteiger partial charge in [0.25, 0.3) is 5.56 Å². The number of carbonyl (C=O) groups excluding carboxylic acids is 1. The van der Waals surface area contributed by atoms with Crippen molar-refractivity contribution in [1.82, 2.24) is 14.9 Å². The van der Waals surface area contributed by atoms with Gasteiger partial charge in [0.15, 0.2) is 5.16 Å². The number of benzene rings is 1. The fourth-order valence-corrected chi connectivity index (χ4v) is 7.50. The smallest absolute Gasteiger partial charge is 0.267 e. The zero-order valence-corrected chi connectivity index (χ0v) is 20.9. The summed E-state index contributed by atoms with van der Waals surface area (Å²) in [5, 5.41) is 13.6. The van der Waals surface area contributed by atoms with E-state index in [1.165, 1.54) is 23.1 Å². The lowest BCUT2D eigenvalue weighted by Gasteiger charge is -2.25. The Labute approximate surface area is 207 Å². The molecule has 34 heavy (non-hydrogen) atoms. The molecule has 8 heteroatoms. The standard InChI is InChI=1S/C26H31N3O3S2/c30-16-15-21(23(31)27-17-9-3-1-4-10-17)34-26-28-24-22(19-13-7-8-14-20(19)33-24)25(32)29(26)18-11-5-2-6-12-18/h2,5-6,11-12,17,21,30H,1,3-4,7-10,13-16H2,(H,27,31)/t21-/m1/s1. The minimum Gasteiger partial charge on any atom is -0.396 e. The normalized spacial score (nSPS) is 17.4. The number of rotatable bonds is 7. The van der Waals surface area contributed by atoms with Gasteiger partial charge < -0.3 is 10.4 Å². The van der Waals surface area contributed by atoms with E-state index in [-0.39, 0.29) is 24.1 Å². The summed E-state index contributed by atoms with van der Waals surface area (Å²) in [5.74, 6) is -0.0784. The van der Waals surface area contributed by atoms with Crippen LogP contribution in [0.4, 0.5) is 0 Å². The Hall–Kier alpha value is -2.16. The first-order valence-corrected chi connectivity index (χ1v) is 14.1. The van der Waals surface area contributed by atoms with Crippen molar-refractivity contribution in [2.45, 2.75) is 80.7 Å². The molecule has 1 saturated carbocycles. The molecule has 1 amide bonds. The fraction of sp³-hybridized carbons (Fsp3) is 0.500. The largest absolute Gasteiger partial charge is 0.396 e. The van der Waals surface area contributed by atoms with Crippen molar-refractivity contribution in [1.29, 1.82) is 0 Å². The predicted octanol–water partition coefficient (Wildman–Crippen LogP) is 4.62. The third kappa shape index (κ3) is 4.81. The number of aliphatic hydroxyl groups excluding tert-OH is 1. The zero-order valence-electron chi connectivity index (χ0n) is 19.3. The third-order valence-electron chi connectivity index (χ3n) is 6.86. The Morgan fingerprint density at radius 3 is 2.68 bits per heavy atom. The average Bonchev–Trinajstić information content (AvgIpc) is 3.23. The van der Waals surface area contributed by atoms with Crippen molar-refractivity contribution >= 4 is 39.2 Å². The van der Waals surface area contributed by atoms with Crippen LogP contribution in [-0.2, 0) is 17.6 Å². The maximum atomic E-state index is 13.9. The van der Waals surface area contributed by atoms with E-state index >= 15 is 0 Å². The number of hydrogen-bond acceptors (Lipinski definition) is 6. The molecule has 1 aromatic carbocycles. The van der Waals surface area contributed by atoms with Gasteiger partial charge in [0.2, 0.25) is 5.91 Å². The summed E-state index contributed by atoms with van der Waals surface area (Å²) in [6.45, 7) is -0.0964. The first-order valence-electron chi connectivity index (χ1n) is 12.4. The van der Waals surface area contributed by atoms with Crippen LogP contribution in [0.5, 0.6) is 0 Å². The van der Waals surface area contributed by atoms with Crippen LogP contribution in [0.15, 0.2) is 40.3 Å². The summed E-state index contributed by atoms with van der Waals surface area (Å²) >= 11 is 2.91. The van der Waals surface area contributed by atoms with Crippen LogP contribution in [0, 0.1) is 0 Å². The van der Waals surface area contributed by atoms with Crippen LogP contribution < -0.4 is 10.9 Å². The molecule has 5 rings (SSSR count). The van der Waals surface area contributed by atoms with Gasteiger partial charge in [-0.25, -0.2) is 4.98 Å². The molecule has 0 aliphatic heterocycles. The molecule has 0 saturated heterocycles. The molecule has 2 heterocycles. The molecule has 0 spiro atoms. The molecule has 0 bridgehead atoms. The number of fused-ring (bicyclic) bond motifs is 3. The number of nitrogens with zero attached hydrogens (tertiary/aromatic N) is 2. The summed E-state index contributed by atoms with van der Waals surface area (Å²) in [7, 11) is 0. The van der Waals surface area contributed by atoms with E-state index in [0.717, 1.165) is 72.8 Å². The van der Waals surface area contributed by atoms with E-state index < -0.39 is 5.25 Å². The molecule has 0 unspecified atom stereocenters. The number of amides is 1. The summed E-state index contributed by atoms with van der Waals surface area (Å²) in [4.78, 5) is 34.1. The van der Waals surface area contributed by atoms with Crippen molar-refractivity contribution in [3.63, 3.8) is 0 Å². The van der Waals surface area contributed by atoms with Crippen LogP contribution in [0.1, 0.15) is 61.8 Å². The Bertz CT molecular complexity index is 1220. The Morgan fingerprint density at radius 2 is 1.91 bits per heavy atom. The van der Waals surface area contributed by atoms with Gasteiger partial charge >= 0.3 is 0 Å². The molecule has 3 aromatic rings. The van der Waals surface area contributed by atoms with Gasteiger partial charge in [-0.3, -0.25) is 14.2 Å². The van der Waals surface area contributed by atoms with Crippen LogP contribution in [0.25, 0.3) is 15.9 Å². The van der Waals surface area contributed by atoms with Crippen molar-refractivity contribution < 1.29 is 9.90 Å². The van der Waals surface area contributed by atoms with Gasteiger partial charge in [0.1, 0.15) is 4.83 Å². The summed E-state index contributed by atoms with van der Waals surface area (Å²) in [6.07, 6.45) is 9.98. The predicted molar refractivity (Wildman–Crippen MR) is 138 cm³/mol. The van der Waals surface area contributed by atoms with Gasteiger partial charge in [-0.05, 0) is 62.6 Å². The molecule has 2 aliphatic carbocycles. The van der Waals surface area contributed by atoms with E-state index in [0.29, 0.717) is 11.6 Å². The number of aromatic nitrogens is 2. The van der Waals surface area contributed by atoms with Crippen molar-refractivity contribution in [3.8, 4) is 5.69 Å². The first-order chi connectivity index (χ1) is 16.7. The minimum atomic E-state index is -0.513. The highest BCUT2D eigenvalue weighted by Crippen LogP contribution is 2.36. The minimum absolute atomic E-state index is 0.0615. The Morgan fingerprint density at radius 1 is 1.15 bits per heavy atom. The number of thioether (sulfide) groups is 1. The topological polar surface area (TPSA) is 84.2 Å².